The van der Waals surface area contributed by atoms with E-state index >= 15 is 0 Å². The summed E-state index contributed by atoms with van der Waals surface area (Å²) in [5.74, 6) is -0.488. The molecular weight excluding hydrogens is 356 g/mol. The second kappa shape index (κ2) is 8.65. The van der Waals surface area contributed by atoms with Crippen molar-refractivity contribution in [2.24, 2.45) is 5.92 Å². The number of likely N-dealkylation sites (tertiary alicyclic amines) is 1. The van der Waals surface area contributed by atoms with E-state index in [-0.39, 0.29) is 23.3 Å². The van der Waals surface area contributed by atoms with Gasteiger partial charge in [-0.3, -0.25) is 9.59 Å². The summed E-state index contributed by atoms with van der Waals surface area (Å²) in [5, 5.41) is 6.36. The predicted octanol–water partition coefficient (Wildman–Crippen LogP) is 2.01. The van der Waals surface area contributed by atoms with Gasteiger partial charge < -0.3 is 20.3 Å². The van der Waals surface area contributed by atoms with Gasteiger partial charge in [-0.15, -0.1) is 0 Å². The summed E-state index contributed by atoms with van der Waals surface area (Å²) in [4.78, 5) is 27.2. The molecule has 8 heteroatoms. The number of carbonyl (C=O) groups is 2. The van der Waals surface area contributed by atoms with E-state index in [2.05, 4.69) is 22.3 Å². The second-order valence-corrected chi connectivity index (χ2v) is 7.12. The Hall–Kier alpha value is -2.22. The fourth-order valence-electron chi connectivity index (χ4n) is 3.79. The average molecular weight is 381 g/mol. The van der Waals surface area contributed by atoms with Gasteiger partial charge in [0.1, 0.15) is 11.8 Å². The van der Waals surface area contributed by atoms with Gasteiger partial charge in [-0.2, -0.15) is 8.78 Å². The molecule has 0 radical (unpaired) electrons. The molecule has 0 aromatic heterocycles. The Labute approximate surface area is 157 Å². The zero-order valence-electron chi connectivity index (χ0n) is 15.3. The van der Waals surface area contributed by atoms with Gasteiger partial charge in [-0.05, 0) is 50.4 Å². The molecule has 0 bridgehead atoms. The second-order valence-electron chi connectivity index (χ2n) is 7.12. The number of nitrogens with one attached hydrogen (secondary N) is 2. The summed E-state index contributed by atoms with van der Waals surface area (Å²) < 4.78 is 29.7. The number of benzene rings is 1. The van der Waals surface area contributed by atoms with E-state index in [1.54, 1.807) is 6.07 Å². The van der Waals surface area contributed by atoms with Crippen LogP contribution in [0.2, 0.25) is 0 Å². The molecule has 2 amide bonds. The molecule has 2 aliphatic rings. The van der Waals surface area contributed by atoms with Crippen LogP contribution >= 0.6 is 0 Å². The smallest absolute Gasteiger partial charge is 0.387 e. The van der Waals surface area contributed by atoms with Crippen LogP contribution in [-0.2, 0) is 4.79 Å². The highest BCUT2D eigenvalue weighted by atomic mass is 19.3. The summed E-state index contributed by atoms with van der Waals surface area (Å²) in [5.41, 5.74) is 0.0488. The first-order valence-corrected chi connectivity index (χ1v) is 9.33. The van der Waals surface area contributed by atoms with Gasteiger partial charge in [-0.1, -0.05) is 19.1 Å². The Balaban J connectivity index is 1.72. The maximum Gasteiger partial charge on any atom is 0.387 e. The van der Waals surface area contributed by atoms with Crippen LogP contribution in [0.25, 0.3) is 0 Å². The van der Waals surface area contributed by atoms with Crippen LogP contribution in [0.3, 0.4) is 0 Å². The van der Waals surface area contributed by atoms with E-state index in [0.717, 1.165) is 19.5 Å². The lowest BCUT2D eigenvalue weighted by molar-refractivity contribution is -0.126. The number of hydrogen-bond acceptors (Lipinski definition) is 4. The molecule has 3 unspecified atom stereocenters. The first-order valence-electron chi connectivity index (χ1n) is 9.33. The number of nitrogens with zero attached hydrogens (tertiary/aromatic N) is 1. The summed E-state index contributed by atoms with van der Waals surface area (Å²) in [6.07, 6.45) is 2.11. The molecule has 3 rings (SSSR count). The monoisotopic (exact) mass is 381 g/mol. The highest BCUT2D eigenvalue weighted by molar-refractivity contribution is 6.00. The first-order chi connectivity index (χ1) is 13.0. The van der Waals surface area contributed by atoms with Gasteiger partial charge in [0, 0.05) is 12.6 Å². The molecule has 1 aromatic carbocycles. The van der Waals surface area contributed by atoms with E-state index in [4.69, 9.17) is 0 Å². The van der Waals surface area contributed by atoms with Crippen LogP contribution in [-0.4, -0.2) is 55.0 Å². The molecule has 27 heavy (non-hydrogen) atoms. The van der Waals surface area contributed by atoms with Gasteiger partial charge in [0.15, 0.2) is 0 Å². The largest absolute Gasteiger partial charge is 0.434 e. The molecule has 1 aromatic rings. The predicted molar refractivity (Wildman–Crippen MR) is 95.7 cm³/mol. The van der Waals surface area contributed by atoms with Crippen molar-refractivity contribution < 1.29 is 23.1 Å². The summed E-state index contributed by atoms with van der Waals surface area (Å²) in [7, 11) is 0. The molecule has 3 atom stereocenters. The van der Waals surface area contributed by atoms with Crippen molar-refractivity contribution in [3.63, 3.8) is 0 Å². The third-order valence-electron chi connectivity index (χ3n) is 5.26. The summed E-state index contributed by atoms with van der Waals surface area (Å²) >= 11 is 0. The Kier molecular flexibility index (Phi) is 6.26. The molecule has 2 saturated heterocycles. The van der Waals surface area contributed by atoms with Crippen LogP contribution in [0.4, 0.5) is 8.78 Å². The molecule has 6 nitrogen and oxygen atoms in total. The van der Waals surface area contributed by atoms with Crippen LogP contribution < -0.4 is 15.4 Å². The van der Waals surface area contributed by atoms with Gasteiger partial charge >= 0.3 is 6.61 Å². The molecule has 2 fully saturated rings. The van der Waals surface area contributed by atoms with Crippen molar-refractivity contribution in [3.05, 3.63) is 29.8 Å². The Morgan fingerprint density at radius 1 is 1.30 bits per heavy atom. The van der Waals surface area contributed by atoms with Crippen LogP contribution in [0.15, 0.2) is 24.3 Å². The molecule has 2 aliphatic heterocycles. The van der Waals surface area contributed by atoms with E-state index in [1.165, 1.54) is 23.1 Å². The zero-order chi connectivity index (χ0) is 19.4. The Morgan fingerprint density at radius 3 is 2.81 bits per heavy atom. The normalized spacial score (nSPS) is 25.5. The minimum atomic E-state index is -3.02. The minimum Gasteiger partial charge on any atom is -0.434 e. The average Bonchev–Trinajstić information content (AvgIpc) is 3.13. The van der Waals surface area contributed by atoms with Crippen molar-refractivity contribution in [1.82, 2.24) is 15.5 Å². The van der Waals surface area contributed by atoms with E-state index in [1.807, 2.05) is 0 Å². The summed E-state index contributed by atoms with van der Waals surface area (Å²) in [6, 6.07) is 5.39. The molecule has 2 heterocycles. The molecule has 0 saturated carbocycles. The standard InChI is InChI=1S/C19H25F2N3O3/c1-12-11-22-9-8-14(12)23-17(25)15-6-4-10-24(15)18(26)13-5-2-3-7-16(13)27-19(20)21/h2-3,5,7,12,14-15,19,22H,4,6,8-11H2,1H3,(H,23,25). The molecule has 148 valence electrons. The molecular formula is C19H25F2N3O3. The maximum absolute atomic E-state index is 12.9. The maximum atomic E-state index is 12.9. The number of carbonyl (C=O) groups excluding carboxylic acids is 2. The van der Waals surface area contributed by atoms with Gasteiger partial charge in [-0.25, -0.2) is 0 Å². The zero-order valence-corrected chi connectivity index (χ0v) is 15.3. The van der Waals surface area contributed by atoms with Crippen molar-refractivity contribution in [2.45, 2.75) is 44.9 Å². The lowest BCUT2D eigenvalue weighted by Crippen LogP contribution is -2.53. The fraction of sp³-hybridized carbons (Fsp3) is 0.579. The van der Waals surface area contributed by atoms with Crippen molar-refractivity contribution in [3.8, 4) is 5.75 Å². The van der Waals surface area contributed by atoms with Crippen molar-refractivity contribution in [2.75, 3.05) is 19.6 Å². The van der Waals surface area contributed by atoms with Crippen LogP contribution in [0.1, 0.15) is 36.5 Å². The van der Waals surface area contributed by atoms with Crippen LogP contribution in [0.5, 0.6) is 5.75 Å². The Bertz CT molecular complexity index is 686. The SMILES string of the molecule is CC1CNCCC1NC(=O)C1CCCN1C(=O)c1ccccc1OC(F)F. The van der Waals surface area contributed by atoms with E-state index in [0.29, 0.717) is 25.3 Å². The molecule has 0 spiro atoms. The Morgan fingerprint density at radius 2 is 2.07 bits per heavy atom. The van der Waals surface area contributed by atoms with Gasteiger partial charge in [0.05, 0.1) is 5.56 Å². The topological polar surface area (TPSA) is 70.7 Å². The number of para-hydroxylation sites is 1. The minimum absolute atomic E-state index is 0.0488. The highest BCUT2D eigenvalue weighted by Crippen LogP contribution is 2.26. The fourth-order valence-corrected chi connectivity index (χ4v) is 3.79. The third kappa shape index (κ3) is 4.55. The number of rotatable bonds is 5. The van der Waals surface area contributed by atoms with E-state index in [9.17, 15) is 18.4 Å². The first kappa shape index (κ1) is 19.5. The van der Waals surface area contributed by atoms with E-state index < -0.39 is 18.6 Å². The number of hydrogen-bond donors (Lipinski definition) is 2. The molecule has 0 aliphatic carbocycles. The number of ether oxygens (including phenoxy) is 1. The number of piperidine rings is 1. The van der Waals surface area contributed by atoms with Gasteiger partial charge in [0.2, 0.25) is 5.91 Å². The lowest BCUT2D eigenvalue weighted by atomic mass is 9.95. The quantitative estimate of drug-likeness (QED) is 0.819. The van der Waals surface area contributed by atoms with Gasteiger partial charge in [0.25, 0.3) is 5.91 Å². The third-order valence-corrected chi connectivity index (χ3v) is 5.26. The highest BCUT2D eigenvalue weighted by Gasteiger charge is 2.37. The van der Waals surface area contributed by atoms with Crippen molar-refractivity contribution >= 4 is 11.8 Å². The van der Waals surface area contributed by atoms with Crippen molar-refractivity contribution in [1.29, 1.82) is 0 Å². The number of amides is 2. The number of alkyl halides is 2. The van der Waals surface area contributed by atoms with Crippen LogP contribution in [0, 0.1) is 5.92 Å². The summed E-state index contributed by atoms with van der Waals surface area (Å²) in [6.45, 7) is 1.17. The lowest BCUT2D eigenvalue weighted by Gasteiger charge is -2.32. The number of halogens is 2. The molecule has 2 N–H and O–H groups in total.